The van der Waals surface area contributed by atoms with E-state index in [9.17, 15) is 14.7 Å². The summed E-state index contributed by atoms with van der Waals surface area (Å²) < 4.78 is 5.34. The average molecular weight is 361 g/mol. The van der Waals surface area contributed by atoms with E-state index in [0.717, 1.165) is 0 Å². The second-order valence-electron chi connectivity index (χ2n) is 4.42. The molecule has 7 nitrogen and oxygen atoms in total. The Morgan fingerprint density at radius 3 is 2.71 bits per heavy atom. The number of carbonyl (C=O) groups is 2. The third kappa shape index (κ3) is 5.33. The molecule has 0 aliphatic carbocycles. The van der Waals surface area contributed by atoms with Crippen molar-refractivity contribution in [3.63, 3.8) is 0 Å². The van der Waals surface area contributed by atoms with Crippen LogP contribution in [-0.2, 0) is 4.74 Å². The number of carboxylic acid groups (broad SMARTS) is 1. The van der Waals surface area contributed by atoms with E-state index in [1.807, 2.05) is 0 Å². The number of halogens is 1. The lowest BCUT2D eigenvalue weighted by Gasteiger charge is -2.21. The molecule has 0 saturated heterocycles. The molecule has 1 aromatic carbocycles. The number of likely N-dealkylation sites (N-methyl/N-ethyl adjacent to an activating group) is 1. The Hall–Kier alpha value is -1.64. The second kappa shape index (κ2) is 7.96. The van der Waals surface area contributed by atoms with Gasteiger partial charge >= 0.3 is 12.0 Å². The number of nitrogens with one attached hydrogen (secondary N) is 1. The summed E-state index contributed by atoms with van der Waals surface area (Å²) in [4.78, 5) is 24.2. The van der Waals surface area contributed by atoms with Crippen LogP contribution in [0, 0.1) is 0 Å². The van der Waals surface area contributed by atoms with Gasteiger partial charge in [-0.25, -0.2) is 9.59 Å². The van der Waals surface area contributed by atoms with Crippen molar-refractivity contribution in [1.29, 1.82) is 0 Å². The zero-order chi connectivity index (χ0) is 16.0. The SMILES string of the molecule is COCC(O)CN(C)C(=O)Nc1cc(C(=O)O)ccc1Br. The van der Waals surface area contributed by atoms with Gasteiger partial charge in [0.15, 0.2) is 0 Å². The number of benzene rings is 1. The number of carboxylic acids is 1. The molecule has 1 rings (SSSR count). The van der Waals surface area contributed by atoms with Gasteiger partial charge in [-0.1, -0.05) is 0 Å². The van der Waals surface area contributed by atoms with Gasteiger partial charge in [0, 0.05) is 18.6 Å². The maximum absolute atomic E-state index is 12.0. The van der Waals surface area contributed by atoms with Crippen LogP contribution in [0.2, 0.25) is 0 Å². The summed E-state index contributed by atoms with van der Waals surface area (Å²) in [6, 6.07) is 3.85. The van der Waals surface area contributed by atoms with Crippen molar-refractivity contribution in [2.24, 2.45) is 0 Å². The molecule has 2 amide bonds. The summed E-state index contributed by atoms with van der Waals surface area (Å²) in [5.74, 6) is -1.08. The Morgan fingerprint density at radius 2 is 2.14 bits per heavy atom. The van der Waals surface area contributed by atoms with Gasteiger partial charge in [0.1, 0.15) is 0 Å². The summed E-state index contributed by atoms with van der Waals surface area (Å²) in [6.07, 6.45) is -0.792. The molecule has 0 spiro atoms. The summed E-state index contributed by atoms with van der Waals surface area (Å²) in [5, 5.41) is 21.1. The molecule has 0 aliphatic rings. The molecule has 0 bridgehead atoms. The number of hydrogen-bond donors (Lipinski definition) is 3. The highest BCUT2D eigenvalue weighted by atomic mass is 79.9. The molecule has 21 heavy (non-hydrogen) atoms. The van der Waals surface area contributed by atoms with Crippen LogP contribution in [0.25, 0.3) is 0 Å². The van der Waals surface area contributed by atoms with Gasteiger partial charge < -0.3 is 25.2 Å². The van der Waals surface area contributed by atoms with Crippen LogP contribution < -0.4 is 5.32 Å². The van der Waals surface area contributed by atoms with Gasteiger partial charge in [-0.2, -0.15) is 0 Å². The van der Waals surface area contributed by atoms with Gasteiger partial charge in [0.05, 0.1) is 30.5 Å². The van der Waals surface area contributed by atoms with Gasteiger partial charge in [-0.05, 0) is 34.1 Å². The van der Waals surface area contributed by atoms with E-state index in [4.69, 9.17) is 9.84 Å². The number of amides is 2. The number of nitrogens with zero attached hydrogens (tertiary/aromatic N) is 1. The lowest BCUT2D eigenvalue weighted by atomic mass is 10.2. The highest BCUT2D eigenvalue weighted by Gasteiger charge is 2.15. The largest absolute Gasteiger partial charge is 0.478 e. The molecule has 1 aromatic rings. The molecule has 0 heterocycles. The van der Waals surface area contributed by atoms with Crippen LogP contribution >= 0.6 is 15.9 Å². The van der Waals surface area contributed by atoms with Crippen molar-refractivity contribution < 1.29 is 24.5 Å². The lowest BCUT2D eigenvalue weighted by molar-refractivity contribution is 0.0501. The predicted octanol–water partition coefficient (Wildman–Crippen LogP) is 1.62. The fraction of sp³-hybridized carbons (Fsp3) is 0.385. The molecular formula is C13H17BrN2O5. The fourth-order valence-electron chi connectivity index (χ4n) is 1.61. The van der Waals surface area contributed by atoms with E-state index in [1.54, 1.807) is 6.07 Å². The number of hydrogen-bond acceptors (Lipinski definition) is 4. The normalized spacial score (nSPS) is 11.8. The molecule has 0 aromatic heterocycles. The highest BCUT2D eigenvalue weighted by Crippen LogP contribution is 2.24. The van der Waals surface area contributed by atoms with E-state index < -0.39 is 18.1 Å². The number of anilines is 1. The van der Waals surface area contributed by atoms with Gasteiger partial charge in [0.2, 0.25) is 0 Å². The number of ether oxygens (including phenoxy) is 1. The topological polar surface area (TPSA) is 99.1 Å². The van der Waals surface area contributed by atoms with E-state index in [-0.39, 0.29) is 18.7 Å². The minimum absolute atomic E-state index is 0.0653. The molecule has 0 radical (unpaired) electrons. The third-order valence-corrected chi connectivity index (χ3v) is 3.34. The Labute approximate surface area is 130 Å². The molecule has 0 aliphatic heterocycles. The van der Waals surface area contributed by atoms with Crippen molar-refractivity contribution in [2.75, 3.05) is 32.6 Å². The zero-order valence-electron chi connectivity index (χ0n) is 11.7. The van der Waals surface area contributed by atoms with Crippen LogP contribution in [0.3, 0.4) is 0 Å². The third-order valence-electron chi connectivity index (χ3n) is 2.65. The predicted molar refractivity (Wildman–Crippen MR) is 80.6 cm³/mol. The van der Waals surface area contributed by atoms with Gasteiger partial charge in [-0.15, -0.1) is 0 Å². The number of rotatable bonds is 6. The monoisotopic (exact) mass is 360 g/mol. The molecular weight excluding hydrogens is 344 g/mol. The number of aliphatic hydroxyl groups excluding tert-OH is 1. The van der Waals surface area contributed by atoms with E-state index in [1.165, 1.54) is 31.2 Å². The van der Waals surface area contributed by atoms with E-state index in [0.29, 0.717) is 10.2 Å². The fourth-order valence-corrected chi connectivity index (χ4v) is 1.95. The van der Waals surface area contributed by atoms with Gasteiger partial charge in [0.25, 0.3) is 0 Å². The molecule has 0 fully saturated rings. The number of urea groups is 1. The van der Waals surface area contributed by atoms with Gasteiger partial charge in [-0.3, -0.25) is 0 Å². The maximum atomic E-state index is 12.0. The number of aliphatic hydroxyl groups is 1. The molecule has 116 valence electrons. The van der Waals surface area contributed by atoms with Crippen LogP contribution in [0.4, 0.5) is 10.5 Å². The minimum atomic E-state index is -1.08. The Morgan fingerprint density at radius 1 is 1.48 bits per heavy atom. The first-order valence-corrected chi connectivity index (χ1v) is 6.86. The smallest absolute Gasteiger partial charge is 0.335 e. The summed E-state index contributed by atoms with van der Waals surface area (Å²) in [6.45, 7) is 0.214. The van der Waals surface area contributed by atoms with Crippen LogP contribution in [0.15, 0.2) is 22.7 Å². The summed E-state index contributed by atoms with van der Waals surface area (Å²) in [7, 11) is 2.97. The maximum Gasteiger partial charge on any atom is 0.335 e. The Kier molecular flexibility index (Phi) is 6.60. The number of carbonyl (C=O) groups excluding carboxylic acids is 1. The first-order valence-electron chi connectivity index (χ1n) is 6.07. The Balaban J connectivity index is 2.74. The minimum Gasteiger partial charge on any atom is -0.478 e. The van der Waals surface area contributed by atoms with Crippen LogP contribution in [0.1, 0.15) is 10.4 Å². The van der Waals surface area contributed by atoms with Crippen LogP contribution in [-0.4, -0.2) is 60.5 Å². The Bertz CT molecular complexity index is 523. The van der Waals surface area contributed by atoms with Crippen molar-refractivity contribution in [1.82, 2.24) is 4.90 Å². The second-order valence-corrected chi connectivity index (χ2v) is 5.27. The highest BCUT2D eigenvalue weighted by molar-refractivity contribution is 9.10. The van der Waals surface area contributed by atoms with E-state index >= 15 is 0 Å². The first-order chi connectivity index (χ1) is 9.85. The number of methoxy groups -OCH3 is 1. The number of aromatic carboxylic acids is 1. The average Bonchev–Trinajstić information content (AvgIpc) is 2.40. The van der Waals surface area contributed by atoms with Crippen molar-refractivity contribution in [3.8, 4) is 0 Å². The van der Waals surface area contributed by atoms with Crippen molar-refractivity contribution in [3.05, 3.63) is 28.2 Å². The summed E-state index contributed by atoms with van der Waals surface area (Å²) in [5.41, 5.74) is 0.406. The molecule has 3 N–H and O–H groups in total. The van der Waals surface area contributed by atoms with Crippen LogP contribution in [0.5, 0.6) is 0 Å². The quantitative estimate of drug-likeness (QED) is 0.715. The molecule has 0 saturated carbocycles. The van der Waals surface area contributed by atoms with Crippen molar-refractivity contribution in [2.45, 2.75) is 6.10 Å². The van der Waals surface area contributed by atoms with Crippen molar-refractivity contribution >= 4 is 33.6 Å². The molecule has 8 heteroatoms. The summed E-state index contributed by atoms with van der Waals surface area (Å²) >= 11 is 3.24. The molecule has 1 unspecified atom stereocenters. The first kappa shape index (κ1) is 17.4. The zero-order valence-corrected chi connectivity index (χ0v) is 13.3. The molecule has 1 atom stereocenters. The standard InChI is InChI=1S/C13H17BrN2O5/c1-16(6-9(17)7-21-2)13(20)15-11-5-8(12(18)19)3-4-10(11)14/h3-5,9,17H,6-7H2,1-2H3,(H,15,20)(H,18,19). The lowest BCUT2D eigenvalue weighted by Crippen LogP contribution is -2.38. The van der Waals surface area contributed by atoms with E-state index in [2.05, 4.69) is 21.2 Å².